The maximum Gasteiger partial charge on any atom is 0.0244 e. The van der Waals surface area contributed by atoms with Gasteiger partial charge in [-0.15, -0.1) is 0 Å². The summed E-state index contributed by atoms with van der Waals surface area (Å²) >= 11 is 0. The van der Waals surface area contributed by atoms with Gasteiger partial charge in [-0.2, -0.15) is 0 Å². The van der Waals surface area contributed by atoms with Crippen molar-refractivity contribution in [3.05, 3.63) is 58.7 Å². The van der Waals surface area contributed by atoms with Crippen molar-refractivity contribution in [1.29, 1.82) is 0 Å². The topological polar surface area (TPSA) is 0 Å². The smallest absolute Gasteiger partial charge is 0.0244 e. The average Bonchev–Trinajstić information content (AvgIpc) is 2.31. The van der Waals surface area contributed by atoms with Crippen LogP contribution in [0.5, 0.6) is 0 Å². The molecule has 0 fully saturated rings. The van der Waals surface area contributed by atoms with Gasteiger partial charge in [0.25, 0.3) is 0 Å². The Morgan fingerprint density at radius 1 is 0.556 bits per heavy atom. The summed E-state index contributed by atoms with van der Waals surface area (Å²) in [4.78, 5) is 2.79. The highest BCUT2D eigenvalue weighted by molar-refractivity contribution is 8.76. The van der Waals surface area contributed by atoms with E-state index in [0.717, 1.165) is 0 Å². The van der Waals surface area contributed by atoms with Gasteiger partial charge in [-0.05, 0) is 49.9 Å². The Morgan fingerprint density at radius 2 is 0.833 bits per heavy atom. The summed E-state index contributed by atoms with van der Waals surface area (Å²) in [7, 11) is 3.74. The summed E-state index contributed by atoms with van der Waals surface area (Å²) in [5, 5.41) is 0. The minimum Gasteiger partial charge on any atom is -0.0617 e. The van der Waals surface area contributed by atoms with Crippen molar-refractivity contribution in [2.75, 3.05) is 0 Å². The van der Waals surface area contributed by atoms with Gasteiger partial charge in [0.05, 0.1) is 0 Å². The largest absolute Gasteiger partial charge is 0.0617 e. The second-order valence-corrected chi connectivity index (χ2v) is 6.76. The fourth-order valence-corrected chi connectivity index (χ4v) is 4.99. The maximum atomic E-state index is 2.18. The summed E-state index contributed by atoms with van der Waals surface area (Å²) < 4.78 is 0. The SMILES string of the molecule is Cc1cccc(C)c1SSc1c(C)cccc1C. The molecule has 0 aromatic heterocycles. The van der Waals surface area contributed by atoms with Gasteiger partial charge < -0.3 is 0 Å². The van der Waals surface area contributed by atoms with E-state index >= 15 is 0 Å². The third kappa shape index (κ3) is 2.93. The van der Waals surface area contributed by atoms with E-state index in [1.54, 1.807) is 0 Å². The van der Waals surface area contributed by atoms with Crippen LogP contribution in [0.2, 0.25) is 0 Å². The first kappa shape index (κ1) is 13.6. The predicted molar refractivity (Wildman–Crippen MR) is 83.5 cm³/mol. The summed E-state index contributed by atoms with van der Waals surface area (Å²) in [5.74, 6) is 0. The van der Waals surface area contributed by atoms with Gasteiger partial charge >= 0.3 is 0 Å². The average molecular weight is 274 g/mol. The molecule has 0 aliphatic rings. The summed E-state index contributed by atoms with van der Waals surface area (Å²) in [5.41, 5.74) is 5.44. The highest BCUT2D eigenvalue weighted by Crippen LogP contribution is 2.42. The van der Waals surface area contributed by atoms with Crippen LogP contribution < -0.4 is 0 Å². The number of hydrogen-bond donors (Lipinski definition) is 0. The van der Waals surface area contributed by atoms with Gasteiger partial charge in [-0.3, -0.25) is 0 Å². The van der Waals surface area contributed by atoms with E-state index in [0.29, 0.717) is 0 Å². The molecule has 0 saturated heterocycles. The number of rotatable bonds is 3. The highest BCUT2D eigenvalue weighted by atomic mass is 33.1. The quantitative estimate of drug-likeness (QED) is 0.656. The first-order valence-electron chi connectivity index (χ1n) is 6.06. The zero-order valence-corrected chi connectivity index (χ0v) is 12.9. The molecular formula is C16H18S2. The lowest BCUT2D eigenvalue weighted by Crippen LogP contribution is -1.85. The second kappa shape index (κ2) is 5.85. The zero-order valence-electron chi connectivity index (χ0n) is 11.3. The van der Waals surface area contributed by atoms with Crippen molar-refractivity contribution >= 4 is 21.6 Å². The Balaban J connectivity index is 2.22. The Bertz CT molecular complexity index is 467. The molecule has 0 aliphatic heterocycles. The molecule has 2 aromatic rings. The number of hydrogen-bond acceptors (Lipinski definition) is 2. The van der Waals surface area contributed by atoms with E-state index < -0.39 is 0 Å². The molecule has 0 atom stereocenters. The lowest BCUT2D eigenvalue weighted by Gasteiger charge is -2.11. The maximum absolute atomic E-state index is 2.18. The van der Waals surface area contributed by atoms with Crippen LogP contribution in [0.25, 0.3) is 0 Å². The molecule has 2 heteroatoms. The molecule has 0 amide bonds. The van der Waals surface area contributed by atoms with E-state index in [9.17, 15) is 0 Å². The summed E-state index contributed by atoms with van der Waals surface area (Å²) in [6, 6.07) is 13.0. The van der Waals surface area contributed by atoms with Crippen molar-refractivity contribution < 1.29 is 0 Å². The minimum absolute atomic E-state index is 1.36. The van der Waals surface area contributed by atoms with Gasteiger partial charge in [0.15, 0.2) is 0 Å². The molecule has 0 nitrogen and oxygen atoms in total. The Labute approximate surface area is 118 Å². The molecule has 0 heterocycles. The Kier molecular flexibility index (Phi) is 4.41. The van der Waals surface area contributed by atoms with Crippen LogP contribution in [0, 0.1) is 27.7 Å². The summed E-state index contributed by atoms with van der Waals surface area (Å²) in [6.45, 7) is 8.72. The third-order valence-electron chi connectivity index (χ3n) is 3.03. The second-order valence-electron chi connectivity index (χ2n) is 4.61. The molecule has 94 valence electrons. The van der Waals surface area contributed by atoms with E-state index in [1.165, 1.54) is 32.0 Å². The van der Waals surface area contributed by atoms with Gasteiger partial charge in [-0.25, -0.2) is 0 Å². The molecule has 0 spiro atoms. The monoisotopic (exact) mass is 274 g/mol. The predicted octanol–water partition coefficient (Wildman–Crippen LogP) is 5.72. The van der Waals surface area contributed by atoms with Crippen LogP contribution in [-0.2, 0) is 0 Å². The molecule has 18 heavy (non-hydrogen) atoms. The minimum atomic E-state index is 1.36. The molecule has 2 rings (SSSR count). The Morgan fingerprint density at radius 3 is 1.11 bits per heavy atom. The van der Waals surface area contributed by atoms with Crippen molar-refractivity contribution in [3.8, 4) is 0 Å². The van der Waals surface area contributed by atoms with Gasteiger partial charge in [0.1, 0.15) is 0 Å². The van der Waals surface area contributed by atoms with Crippen LogP contribution in [-0.4, -0.2) is 0 Å². The van der Waals surface area contributed by atoms with Crippen LogP contribution >= 0.6 is 21.6 Å². The first-order valence-corrected chi connectivity index (χ1v) is 8.21. The summed E-state index contributed by atoms with van der Waals surface area (Å²) in [6.07, 6.45) is 0. The van der Waals surface area contributed by atoms with Crippen molar-refractivity contribution in [2.45, 2.75) is 37.5 Å². The van der Waals surface area contributed by atoms with Crippen molar-refractivity contribution in [3.63, 3.8) is 0 Å². The zero-order chi connectivity index (χ0) is 13.1. The fourth-order valence-electron chi connectivity index (χ4n) is 1.94. The molecule has 0 aliphatic carbocycles. The number of aryl methyl sites for hydroxylation is 4. The molecular weight excluding hydrogens is 256 g/mol. The van der Waals surface area contributed by atoms with Crippen LogP contribution in [0.15, 0.2) is 46.2 Å². The van der Waals surface area contributed by atoms with Crippen LogP contribution in [0.4, 0.5) is 0 Å². The number of benzene rings is 2. The standard InChI is InChI=1S/C16H18S2/c1-11-7-5-8-12(2)15(11)17-18-16-13(3)9-6-10-14(16)4/h5-10H,1-4H3. The molecule has 0 bridgehead atoms. The van der Waals surface area contributed by atoms with Gasteiger partial charge in [-0.1, -0.05) is 58.0 Å². The van der Waals surface area contributed by atoms with Crippen molar-refractivity contribution in [1.82, 2.24) is 0 Å². The molecule has 0 radical (unpaired) electrons. The molecule has 0 saturated carbocycles. The van der Waals surface area contributed by atoms with Crippen LogP contribution in [0.3, 0.4) is 0 Å². The normalized spacial score (nSPS) is 10.7. The van der Waals surface area contributed by atoms with E-state index in [4.69, 9.17) is 0 Å². The first-order chi connectivity index (χ1) is 8.59. The van der Waals surface area contributed by atoms with Crippen LogP contribution in [0.1, 0.15) is 22.3 Å². The molecule has 0 N–H and O–H groups in total. The fraction of sp³-hybridized carbons (Fsp3) is 0.250. The molecule has 0 unspecified atom stereocenters. The van der Waals surface area contributed by atoms with Gasteiger partial charge in [0.2, 0.25) is 0 Å². The van der Waals surface area contributed by atoms with E-state index in [-0.39, 0.29) is 0 Å². The molecule has 2 aromatic carbocycles. The van der Waals surface area contributed by atoms with E-state index in [1.807, 2.05) is 21.6 Å². The van der Waals surface area contributed by atoms with Crippen molar-refractivity contribution in [2.24, 2.45) is 0 Å². The third-order valence-corrected chi connectivity index (χ3v) is 5.98. The van der Waals surface area contributed by atoms with Gasteiger partial charge in [0, 0.05) is 9.79 Å². The highest BCUT2D eigenvalue weighted by Gasteiger charge is 2.07. The van der Waals surface area contributed by atoms with E-state index in [2.05, 4.69) is 64.1 Å². The lowest BCUT2D eigenvalue weighted by molar-refractivity contribution is 1.22. The Hall–Kier alpha value is -0.860. The lowest BCUT2D eigenvalue weighted by atomic mass is 10.2.